The molecule has 0 radical (unpaired) electrons. The molecule has 0 saturated carbocycles. The molecule has 0 N–H and O–H groups in total. The minimum Gasteiger partial charge on any atom is -0.464 e. The molecule has 2 rings (SSSR count). The summed E-state index contributed by atoms with van der Waals surface area (Å²) >= 11 is 0. The summed E-state index contributed by atoms with van der Waals surface area (Å²) in [5.41, 5.74) is -0.452. The number of alkyl halides is 1. The minimum absolute atomic E-state index is 0.140. The molecule has 1 unspecified atom stereocenters. The highest BCUT2D eigenvalue weighted by molar-refractivity contribution is 5.83. The van der Waals surface area contributed by atoms with E-state index in [1.165, 1.54) is 0 Å². The van der Waals surface area contributed by atoms with Gasteiger partial charge in [-0.15, -0.1) is 0 Å². The predicted octanol–water partition coefficient (Wildman–Crippen LogP) is 0.737. The number of nitrogens with zero attached hydrogens (tertiary/aromatic N) is 1. The third-order valence-corrected chi connectivity index (χ3v) is 3.11. The Bertz CT molecular complexity index is 218. The second-order valence-electron chi connectivity index (χ2n) is 3.70. The third kappa shape index (κ3) is 1.24. The number of halogens is 1. The number of hydrogen-bond donors (Lipinski definition) is 0. The first-order valence-corrected chi connectivity index (χ1v) is 4.78. The highest BCUT2D eigenvalue weighted by Gasteiger charge is 2.51. The first-order chi connectivity index (χ1) is 6.29. The van der Waals surface area contributed by atoms with Gasteiger partial charge < -0.3 is 4.74 Å². The van der Waals surface area contributed by atoms with Gasteiger partial charge in [-0.2, -0.15) is 0 Å². The molecule has 1 spiro atoms. The highest BCUT2D eigenvalue weighted by atomic mass is 19.1. The number of hydrogen-bond acceptors (Lipinski definition) is 3. The molecular formula is C9H14FNO2. The number of cyclic esters (lactones) is 1. The molecule has 0 aromatic carbocycles. The van der Waals surface area contributed by atoms with Crippen LogP contribution < -0.4 is 0 Å². The van der Waals surface area contributed by atoms with E-state index in [1.54, 1.807) is 0 Å². The molecule has 2 fully saturated rings. The average Bonchev–Trinajstić information content (AvgIpc) is 2.65. The van der Waals surface area contributed by atoms with Crippen molar-refractivity contribution in [3.63, 3.8) is 0 Å². The second kappa shape index (κ2) is 3.25. The maximum Gasteiger partial charge on any atom is 0.326 e. The van der Waals surface area contributed by atoms with E-state index in [4.69, 9.17) is 4.74 Å². The van der Waals surface area contributed by atoms with E-state index in [0.717, 1.165) is 25.8 Å². The van der Waals surface area contributed by atoms with Gasteiger partial charge in [0.25, 0.3) is 0 Å². The summed E-state index contributed by atoms with van der Waals surface area (Å²) in [5.74, 6) is -0.140. The van der Waals surface area contributed by atoms with Gasteiger partial charge in [0.1, 0.15) is 12.2 Å². The predicted molar refractivity (Wildman–Crippen MR) is 45.1 cm³/mol. The zero-order valence-corrected chi connectivity index (χ0v) is 7.59. The van der Waals surface area contributed by atoms with Gasteiger partial charge in [0.05, 0.1) is 6.61 Å². The summed E-state index contributed by atoms with van der Waals surface area (Å²) < 4.78 is 17.2. The topological polar surface area (TPSA) is 29.5 Å². The number of ether oxygens (including phenoxy) is 1. The SMILES string of the molecule is O=C1OCCC12CCCN2CCF. The molecule has 0 amide bonds. The van der Waals surface area contributed by atoms with Gasteiger partial charge in [0.2, 0.25) is 0 Å². The number of rotatable bonds is 2. The van der Waals surface area contributed by atoms with Crippen LogP contribution in [0.3, 0.4) is 0 Å². The summed E-state index contributed by atoms with van der Waals surface area (Å²) in [6.45, 7) is 1.32. The van der Waals surface area contributed by atoms with Crippen LogP contribution in [0.5, 0.6) is 0 Å². The first-order valence-electron chi connectivity index (χ1n) is 4.78. The van der Waals surface area contributed by atoms with Crippen molar-refractivity contribution in [2.75, 3.05) is 26.4 Å². The third-order valence-electron chi connectivity index (χ3n) is 3.11. The molecule has 1 atom stereocenters. The minimum atomic E-state index is -0.452. The Morgan fingerprint density at radius 2 is 2.38 bits per heavy atom. The lowest BCUT2D eigenvalue weighted by Gasteiger charge is -2.29. The quantitative estimate of drug-likeness (QED) is 0.597. The van der Waals surface area contributed by atoms with E-state index in [-0.39, 0.29) is 12.6 Å². The standard InChI is InChI=1S/C9H14FNO2/c10-4-6-11-5-1-2-9(11)3-7-13-8(9)12/h1-7H2. The zero-order valence-electron chi connectivity index (χ0n) is 7.59. The van der Waals surface area contributed by atoms with Crippen LogP contribution in [0, 0.1) is 0 Å². The normalized spacial score (nSPS) is 34.4. The van der Waals surface area contributed by atoms with Crippen LogP contribution in [-0.4, -0.2) is 42.8 Å². The zero-order chi connectivity index (χ0) is 9.31. The van der Waals surface area contributed by atoms with E-state index in [1.807, 2.05) is 4.90 Å². The lowest BCUT2D eigenvalue weighted by atomic mass is 9.94. The van der Waals surface area contributed by atoms with Crippen molar-refractivity contribution in [3.8, 4) is 0 Å². The van der Waals surface area contributed by atoms with Crippen molar-refractivity contribution < 1.29 is 13.9 Å². The van der Waals surface area contributed by atoms with Crippen molar-refractivity contribution >= 4 is 5.97 Å². The Balaban J connectivity index is 2.14. The van der Waals surface area contributed by atoms with E-state index < -0.39 is 5.54 Å². The second-order valence-corrected chi connectivity index (χ2v) is 3.70. The number of carbonyl (C=O) groups excluding carboxylic acids is 1. The Kier molecular flexibility index (Phi) is 2.24. The van der Waals surface area contributed by atoms with Gasteiger partial charge >= 0.3 is 5.97 Å². The molecule has 0 bridgehead atoms. The van der Waals surface area contributed by atoms with Gasteiger partial charge in [0.15, 0.2) is 0 Å². The molecular weight excluding hydrogens is 173 g/mol. The van der Waals surface area contributed by atoms with Crippen molar-refractivity contribution in [1.29, 1.82) is 0 Å². The van der Waals surface area contributed by atoms with Crippen LogP contribution in [0.15, 0.2) is 0 Å². The number of carbonyl (C=O) groups is 1. The van der Waals surface area contributed by atoms with Crippen molar-refractivity contribution in [2.24, 2.45) is 0 Å². The van der Waals surface area contributed by atoms with Gasteiger partial charge in [-0.3, -0.25) is 9.69 Å². The van der Waals surface area contributed by atoms with Crippen LogP contribution in [0.25, 0.3) is 0 Å². The summed E-state index contributed by atoms with van der Waals surface area (Å²) in [6, 6.07) is 0. The van der Waals surface area contributed by atoms with Crippen LogP contribution >= 0.6 is 0 Å². The van der Waals surface area contributed by atoms with E-state index in [0.29, 0.717) is 13.2 Å². The Morgan fingerprint density at radius 3 is 3.00 bits per heavy atom. The van der Waals surface area contributed by atoms with Crippen LogP contribution in [0.1, 0.15) is 19.3 Å². The van der Waals surface area contributed by atoms with Gasteiger partial charge in [-0.1, -0.05) is 0 Å². The lowest BCUT2D eigenvalue weighted by molar-refractivity contribution is -0.146. The summed E-state index contributed by atoms with van der Waals surface area (Å²) in [7, 11) is 0. The maximum absolute atomic E-state index is 12.2. The van der Waals surface area contributed by atoms with Gasteiger partial charge in [-0.05, 0) is 19.4 Å². The molecule has 3 nitrogen and oxygen atoms in total. The molecule has 2 aliphatic heterocycles. The van der Waals surface area contributed by atoms with Crippen LogP contribution in [-0.2, 0) is 9.53 Å². The maximum atomic E-state index is 12.2. The summed E-state index contributed by atoms with van der Waals surface area (Å²) in [5, 5.41) is 0. The molecule has 74 valence electrons. The van der Waals surface area contributed by atoms with Crippen LogP contribution in [0.4, 0.5) is 4.39 Å². The monoisotopic (exact) mass is 187 g/mol. The number of esters is 1. The Labute approximate surface area is 76.8 Å². The molecule has 13 heavy (non-hydrogen) atoms. The Hall–Kier alpha value is -0.640. The smallest absolute Gasteiger partial charge is 0.326 e. The van der Waals surface area contributed by atoms with E-state index in [2.05, 4.69) is 0 Å². The molecule has 0 aliphatic carbocycles. The highest BCUT2D eigenvalue weighted by Crippen LogP contribution is 2.37. The molecule has 2 aliphatic rings. The molecule has 4 heteroatoms. The fraction of sp³-hybridized carbons (Fsp3) is 0.889. The van der Waals surface area contributed by atoms with Crippen molar-refractivity contribution in [2.45, 2.75) is 24.8 Å². The largest absolute Gasteiger partial charge is 0.464 e. The van der Waals surface area contributed by atoms with Gasteiger partial charge in [-0.25, -0.2) is 4.39 Å². The van der Waals surface area contributed by atoms with Crippen molar-refractivity contribution in [3.05, 3.63) is 0 Å². The van der Waals surface area contributed by atoms with E-state index in [9.17, 15) is 9.18 Å². The molecule has 0 aromatic rings. The molecule has 0 aromatic heterocycles. The van der Waals surface area contributed by atoms with Gasteiger partial charge in [0, 0.05) is 13.0 Å². The first kappa shape index (κ1) is 8.94. The molecule has 2 heterocycles. The fourth-order valence-electron chi connectivity index (χ4n) is 2.43. The Morgan fingerprint density at radius 1 is 1.54 bits per heavy atom. The van der Waals surface area contributed by atoms with Crippen molar-refractivity contribution in [1.82, 2.24) is 4.90 Å². The lowest BCUT2D eigenvalue weighted by Crippen LogP contribution is -2.48. The molecule has 2 saturated heterocycles. The summed E-state index contributed by atoms with van der Waals surface area (Å²) in [4.78, 5) is 13.4. The summed E-state index contributed by atoms with van der Waals surface area (Å²) in [6.07, 6.45) is 2.56. The fourth-order valence-corrected chi connectivity index (χ4v) is 2.43. The number of likely N-dealkylation sites (tertiary alicyclic amines) is 1. The van der Waals surface area contributed by atoms with Crippen LogP contribution in [0.2, 0.25) is 0 Å². The average molecular weight is 187 g/mol. The van der Waals surface area contributed by atoms with E-state index >= 15 is 0 Å².